The molecule has 0 spiro atoms. The van der Waals surface area contributed by atoms with E-state index in [-0.39, 0.29) is 5.82 Å². The number of halogens is 2. The monoisotopic (exact) mass is 415 g/mol. The summed E-state index contributed by atoms with van der Waals surface area (Å²) in [6.45, 7) is 4.12. The number of methoxy groups -OCH3 is 1. The molecule has 1 aliphatic rings. The number of rotatable bonds is 6. The maximum absolute atomic E-state index is 13.3. The van der Waals surface area contributed by atoms with Gasteiger partial charge in [0.25, 0.3) is 0 Å². The molecule has 2 nitrogen and oxygen atoms in total. The maximum Gasteiger partial charge on any atom is 0.123 e. The molecule has 0 radical (unpaired) electrons. The smallest absolute Gasteiger partial charge is 0.123 e. The second-order valence-corrected chi connectivity index (χ2v) is 9.18. The summed E-state index contributed by atoms with van der Waals surface area (Å²) in [4.78, 5) is 6.20. The van der Waals surface area contributed by atoms with Crippen LogP contribution in [0, 0.1) is 25.6 Å². The highest BCUT2D eigenvalue weighted by Crippen LogP contribution is 2.47. The number of hydrogen-bond acceptors (Lipinski definition) is 3. The lowest BCUT2D eigenvalue weighted by molar-refractivity contribution is 0.412. The van der Waals surface area contributed by atoms with Crippen molar-refractivity contribution < 1.29 is 9.13 Å². The highest BCUT2D eigenvalue weighted by atomic mass is 35.5. The minimum atomic E-state index is -0.191. The van der Waals surface area contributed by atoms with Crippen LogP contribution in [0.3, 0.4) is 0 Å². The van der Waals surface area contributed by atoms with Crippen molar-refractivity contribution in [2.75, 3.05) is 7.11 Å². The van der Waals surface area contributed by atoms with Crippen molar-refractivity contribution in [3.8, 4) is 17.0 Å². The van der Waals surface area contributed by atoms with Crippen molar-refractivity contribution in [2.24, 2.45) is 5.92 Å². The fourth-order valence-corrected chi connectivity index (χ4v) is 5.09. The van der Waals surface area contributed by atoms with Crippen LogP contribution in [-0.4, -0.2) is 12.1 Å². The van der Waals surface area contributed by atoms with Crippen molar-refractivity contribution in [3.63, 3.8) is 0 Å². The van der Waals surface area contributed by atoms with Crippen molar-refractivity contribution in [2.45, 2.75) is 39.0 Å². The van der Waals surface area contributed by atoms with Gasteiger partial charge in [-0.1, -0.05) is 23.7 Å². The standard InChI is InChI=1S/C23H23ClFNOS/c1-13-10-19(20(24)12-21(13)27-3)22-14(2)28-23(26-22)18(16-6-7-16)11-15-4-8-17(25)9-5-15/h4-5,8-10,12,16,18H,6-7,11H2,1-3H3. The molecule has 1 aromatic heterocycles. The molecule has 1 heterocycles. The van der Waals surface area contributed by atoms with Gasteiger partial charge in [0.2, 0.25) is 0 Å². The summed E-state index contributed by atoms with van der Waals surface area (Å²) in [7, 11) is 1.65. The third-order valence-electron chi connectivity index (χ3n) is 5.43. The third kappa shape index (κ3) is 3.94. The van der Waals surface area contributed by atoms with E-state index in [0.717, 1.165) is 39.6 Å². The Kier molecular flexibility index (Phi) is 5.44. The average molecular weight is 416 g/mol. The largest absolute Gasteiger partial charge is 0.496 e. The first-order valence-corrected chi connectivity index (χ1v) is 10.7. The van der Waals surface area contributed by atoms with Gasteiger partial charge in [0, 0.05) is 16.4 Å². The zero-order valence-electron chi connectivity index (χ0n) is 16.3. The molecular weight excluding hydrogens is 393 g/mol. The van der Waals surface area contributed by atoms with Crippen LogP contribution < -0.4 is 4.74 Å². The summed E-state index contributed by atoms with van der Waals surface area (Å²) in [5, 5.41) is 1.81. The van der Waals surface area contributed by atoms with Crippen LogP contribution in [0.1, 0.15) is 39.8 Å². The number of ether oxygens (including phenoxy) is 1. The lowest BCUT2D eigenvalue weighted by atomic mass is 9.95. The third-order valence-corrected chi connectivity index (χ3v) is 6.85. The number of aromatic nitrogens is 1. The molecule has 28 heavy (non-hydrogen) atoms. The van der Waals surface area contributed by atoms with Crippen LogP contribution in [0.15, 0.2) is 36.4 Å². The molecule has 0 saturated heterocycles. The van der Waals surface area contributed by atoms with Gasteiger partial charge in [0.05, 0.1) is 22.8 Å². The maximum atomic E-state index is 13.3. The summed E-state index contributed by atoms with van der Waals surface area (Å²) < 4.78 is 18.6. The normalized spacial score (nSPS) is 14.9. The number of aryl methyl sites for hydroxylation is 2. The van der Waals surface area contributed by atoms with Gasteiger partial charge in [0.15, 0.2) is 0 Å². The van der Waals surface area contributed by atoms with E-state index in [1.54, 1.807) is 18.4 Å². The van der Waals surface area contributed by atoms with E-state index >= 15 is 0 Å². The Morgan fingerprint density at radius 3 is 2.57 bits per heavy atom. The van der Waals surface area contributed by atoms with E-state index in [2.05, 4.69) is 13.0 Å². The predicted octanol–water partition coefficient (Wildman–Crippen LogP) is 6.96. The summed E-state index contributed by atoms with van der Waals surface area (Å²) in [5.74, 6) is 1.63. The Morgan fingerprint density at radius 1 is 1.21 bits per heavy atom. The van der Waals surface area contributed by atoms with Gasteiger partial charge >= 0.3 is 0 Å². The molecule has 1 saturated carbocycles. The van der Waals surface area contributed by atoms with Gasteiger partial charge in [-0.25, -0.2) is 9.37 Å². The second-order valence-electron chi connectivity index (χ2n) is 7.53. The van der Waals surface area contributed by atoms with E-state index in [9.17, 15) is 4.39 Å². The van der Waals surface area contributed by atoms with E-state index in [4.69, 9.17) is 21.3 Å². The van der Waals surface area contributed by atoms with E-state index in [1.807, 2.05) is 25.1 Å². The second kappa shape index (κ2) is 7.84. The van der Waals surface area contributed by atoms with Gasteiger partial charge < -0.3 is 4.74 Å². The molecule has 3 aromatic rings. The molecule has 0 N–H and O–H groups in total. The van der Waals surface area contributed by atoms with Gasteiger partial charge in [-0.05, 0) is 74.4 Å². The Labute approximate surface area is 174 Å². The van der Waals surface area contributed by atoms with Crippen molar-refractivity contribution in [1.82, 2.24) is 4.98 Å². The SMILES string of the molecule is COc1cc(Cl)c(-c2nc(C(Cc3ccc(F)cc3)C3CC3)sc2C)cc1C. The van der Waals surface area contributed by atoms with Gasteiger partial charge in [-0.15, -0.1) is 11.3 Å². The number of thiazole rings is 1. The lowest BCUT2D eigenvalue weighted by Crippen LogP contribution is -2.05. The minimum absolute atomic E-state index is 0.191. The number of hydrogen-bond donors (Lipinski definition) is 0. The first-order valence-electron chi connectivity index (χ1n) is 9.52. The quantitative estimate of drug-likeness (QED) is 0.434. The van der Waals surface area contributed by atoms with Crippen LogP contribution in [0.5, 0.6) is 5.75 Å². The van der Waals surface area contributed by atoms with E-state index in [0.29, 0.717) is 16.9 Å². The fraction of sp³-hybridized carbons (Fsp3) is 0.348. The average Bonchev–Trinajstić information content (AvgIpc) is 3.45. The highest BCUT2D eigenvalue weighted by Gasteiger charge is 2.35. The summed E-state index contributed by atoms with van der Waals surface area (Å²) in [5.41, 5.74) is 4.11. The van der Waals surface area contributed by atoms with Crippen LogP contribution in [0.4, 0.5) is 4.39 Å². The molecule has 1 aliphatic carbocycles. The van der Waals surface area contributed by atoms with Crippen LogP contribution in [0.25, 0.3) is 11.3 Å². The molecule has 1 fully saturated rings. The van der Waals surface area contributed by atoms with E-state index in [1.165, 1.54) is 29.9 Å². The molecule has 0 aliphatic heterocycles. The summed E-state index contributed by atoms with van der Waals surface area (Å²) in [6.07, 6.45) is 3.37. The van der Waals surface area contributed by atoms with Gasteiger partial charge in [0.1, 0.15) is 11.6 Å². The van der Waals surface area contributed by atoms with Crippen LogP contribution in [0.2, 0.25) is 5.02 Å². The molecule has 2 aromatic carbocycles. The number of benzene rings is 2. The molecule has 5 heteroatoms. The molecule has 1 unspecified atom stereocenters. The fourth-order valence-electron chi connectivity index (χ4n) is 3.72. The lowest BCUT2D eigenvalue weighted by Gasteiger charge is -2.14. The summed E-state index contributed by atoms with van der Waals surface area (Å²) in [6, 6.07) is 10.8. The minimum Gasteiger partial charge on any atom is -0.496 e. The molecular formula is C23H23ClFNOS. The van der Waals surface area contributed by atoms with Crippen LogP contribution in [-0.2, 0) is 6.42 Å². The van der Waals surface area contributed by atoms with Gasteiger partial charge in [-0.2, -0.15) is 0 Å². The van der Waals surface area contributed by atoms with Crippen molar-refractivity contribution in [3.05, 3.63) is 68.2 Å². The van der Waals surface area contributed by atoms with Gasteiger partial charge in [-0.3, -0.25) is 0 Å². The molecule has 0 amide bonds. The topological polar surface area (TPSA) is 22.1 Å². The Morgan fingerprint density at radius 2 is 1.93 bits per heavy atom. The van der Waals surface area contributed by atoms with E-state index < -0.39 is 0 Å². The van der Waals surface area contributed by atoms with Crippen molar-refractivity contribution in [1.29, 1.82) is 0 Å². The van der Waals surface area contributed by atoms with Crippen LogP contribution >= 0.6 is 22.9 Å². The summed E-state index contributed by atoms with van der Waals surface area (Å²) >= 11 is 8.30. The Hall–Kier alpha value is -1.91. The molecule has 4 rings (SSSR count). The molecule has 0 bridgehead atoms. The molecule has 1 atom stereocenters. The zero-order chi connectivity index (χ0) is 19.8. The number of nitrogens with zero attached hydrogens (tertiary/aromatic N) is 1. The van der Waals surface area contributed by atoms with Crippen molar-refractivity contribution >= 4 is 22.9 Å². The zero-order valence-corrected chi connectivity index (χ0v) is 17.8. The first-order chi connectivity index (χ1) is 13.5. The predicted molar refractivity (Wildman–Crippen MR) is 114 cm³/mol. The molecule has 146 valence electrons. The highest BCUT2D eigenvalue weighted by molar-refractivity contribution is 7.12. The Bertz CT molecular complexity index is 995. The first kappa shape index (κ1) is 19.4. The Balaban J connectivity index is 1.67.